The molecular formula is C24H30ClN4RuS2. The second-order valence-corrected chi connectivity index (χ2v) is 9.28. The Morgan fingerprint density at radius 2 is 1.25 bits per heavy atom. The van der Waals surface area contributed by atoms with Gasteiger partial charge < -0.3 is 0 Å². The first kappa shape index (κ1) is 28.4. The van der Waals surface area contributed by atoms with Crippen LogP contribution in [0.2, 0.25) is 0 Å². The van der Waals surface area contributed by atoms with Gasteiger partial charge in [-0.1, -0.05) is 43.0 Å². The Bertz CT molecular complexity index is 743. The maximum atomic E-state index is 5.57. The molecule has 0 saturated carbocycles. The first-order valence-electron chi connectivity index (χ1n) is 9.90. The largest absolute Gasteiger partial charge is 0.265 e. The Morgan fingerprint density at radius 3 is 1.53 bits per heavy atom. The van der Waals surface area contributed by atoms with E-state index in [4.69, 9.17) is 9.69 Å². The Kier molecular flexibility index (Phi) is 17.7. The summed E-state index contributed by atoms with van der Waals surface area (Å²) >= 11 is 3.47. The van der Waals surface area contributed by atoms with E-state index in [9.17, 15) is 0 Å². The fourth-order valence-corrected chi connectivity index (χ4v) is 4.84. The minimum Gasteiger partial charge on any atom is -0.265 e. The molecule has 1 aromatic carbocycles. The van der Waals surface area contributed by atoms with E-state index in [1.807, 2.05) is 54.6 Å². The van der Waals surface area contributed by atoms with Gasteiger partial charge in [0.15, 0.2) is 0 Å². The van der Waals surface area contributed by atoms with Crippen LogP contribution in [0.3, 0.4) is 0 Å². The van der Waals surface area contributed by atoms with Crippen LogP contribution < -0.4 is 0 Å². The number of benzene rings is 1. The minimum atomic E-state index is -0.0765. The number of hydrogen-bond donors (Lipinski definition) is 0. The van der Waals surface area contributed by atoms with Crippen molar-refractivity contribution in [1.82, 2.24) is 18.6 Å². The molecule has 8 heteroatoms. The third-order valence-electron chi connectivity index (χ3n) is 3.82. The zero-order valence-electron chi connectivity index (χ0n) is 18.5. The molecule has 0 unspecified atom stereocenters. The molecule has 3 heterocycles. The summed E-state index contributed by atoms with van der Waals surface area (Å²) in [5.74, 6) is 0. The summed E-state index contributed by atoms with van der Waals surface area (Å²) in [5, 5.41) is 0. The monoisotopic (exact) mass is 575 g/mol. The van der Waals surface area contributed by atoms with Gasteiger partial charge in [0, 0.05) is 49.7 Å². The molecule has 0 saturated heterocycles. The number of pyridine rings is 2. The van der Waals surface area contributed by atoms with Gasteiger partial charge in [0.25, 0.3) is 0 Å². The van der Waals surface area contributed by atoms with Gasteiger partial charge >= 0.3 is 65.9 Å². The fraction of sp³-hybridized carbons (Fsp3) is 0.208. The van der Waals surface area contributed by atoms with Crippen molar-refractivity contribution in [3.63, 3.8) is 0 Å². The molecule has 2 aromatic heterocycles. The molecule has 0 bridgehead atoms. The minimum absolute atomic E-state index is 0.0765. The summed E-state index contributed by atoms with van der Waals surface area (Å²) in [7, 11) is 5.57. The second-order valence-electron chi connectivity index (χ2n) is 5.91. The third-order valence-corrected chi connectivity index (χ3v) is 6.62. The molecule has 0 atom stereocenters. The first-order chi connectivity index (χ1) is 15.8. The van der Waals surface area contributed by atoms with E-state index in [0.717, 1.165) is 6.42 Å². The van der Waals surface area contributed by atoms with Crippen LogP contribution >= 0.6 is 33.6 Å². The van der Waals surface area contributed by atoms with Crippen molar-refractivity contribution in [2.75, 3.05) is 12.5 Å². The van der Waals surface area contributed by atoms with Gasteiger partial charge in [0.1, 0.15) is 6.17 Å². The third kappa shape index (κ3) is 13.0. The molecule has 4 nitrogen and oxygen atoms in total. The summed E-state index contributed by atoms with van der Waals surface area (Å²) < 4.78 is 6.61. The molecule has 0 fully saturated rings. The van der Waals surface area contributed by atoms with Gasteiger partial charge in [0.05, 0.1) is 0 Å². The number of aromatic nitrogens is 2. The Labute approximate surface area is 212 Å². The SMILES string of the molecule is CCC1N(SC)C=CN1SC.[Cl][Ru]=[CH]c1ccccc1.c1ccncc1.c1ccncc1. The number of rotatable bonds is 4. The predicted molar refractivity (Wildman–Crippen MR) is 140 cm³/mol. The van der Waals surface area contributed by atoms with E-state index in [1.165, 1.54) is 5.56 Å². The average Bonchev–Trinajstić information content (AvgIpc) is 3.30. The van der Waals surface area contributed by atoms with Gasteiger partial charge in [-0.2, -0.15) is 0 Å². The summed E-state index contributed by atoms with van der Waals surface area (Å²) in [4.78, 5) is 7.57. The van der Waals surface area contributed by atoms with Gasteiger partial charge in [-0.3, -0.25) is 18.6 Å². The molecule has 0 aliphatic carbocycles. The van der Waals surface area contributed by atoms with E-state index < -0.39 is 0 Å². The Balaban J connectivity index is 0.000000220. The van der Waals surface area contributed by atoms with Crippen LogP contribution in [0.5, 0.6) is 0 Å². The van der Waals surface area contributed by atoms with Crippen LogP contribution in [0.25, 0.3) is 0 Å². The van der Waals surface area contributed by atoms with Crippen LogP contribution in [0.1, 0.15) is 18.9 Å². The maximum absolute atomic E-state index is 5.57. The van der Waals surface area contributed by atoms with Gasteiger partial charge in [-0.05, 0) is 30.7 Å². The van der Waals surface area contributed by atoms with Crippen molar-refractivity contribution in [3.8, 4) is 0 Å². The van der Waals surface area contributed by atoms with Crippen molar-refractivity contribution in [3.05, 3.63) is 109 Å². The van der Waals surface area contributed by atoms with Crippen LogP contribution in [-0.4, -0.2) is 41.9 Å². The van der Waals surface area contributed by atoms with Crippen molar-refractivity contribution in [1.29, 1.82) is 0 Å². The second kappa shape index (κ2) is 20.0. The molecule has 1 aliphatic rings. The van der Waals surface area contributed by atoms with Gasteiger partial charge in [0.2, 0.25) is 0 Å². The first-order valence-corrected chi connectivity index (χ1v) is 15.5. The standard InChI is InChI=1S/C7H14N2S2.C7H6.2C5H5N.ClH.Ru/c1-4-7-8(10-2)5-6-9(7)11-3;1-7-5-3-2-4-6-7;2*1-2-4-6-5-3-1;;/h5-7H,4H2,1-3H3;1-6H;2*1-5H;1H;/q;;;;;+1/p-1. The molecular weight excluding hydrogens is 545 g/mol. The van der Waals surface area contributed by atoms with E-state index in [-0.39, 0.29) is 15.7 Å². The zero-order chi connectivity index (χ0) is 23.3. The Hall–Kier alpha value is -1.66. The smallest absolute Gasteiger partial charge is 0.0267 e. The van der Waals surface area contributed by atoms with Gasteiger partial charge in [-0.25, -0.2) is 0 Å². The zero-order valence-corrected chi connectivity index (χ0v) is 22.6. The summed E-state index contributed by atoms with van der Waals surface area (Å²) in [6.45, 7) is 2.21. The maximum Gasteiger partial charge on any atom is 0.0267 e. The van der Waals surface area contributed by atoms with E-state index in [1.54, 1.807) is 48.7 Å². The van der Waals surface area contributed by atoms with Crippen molar-refractivity contribution >= 4 is 38.2 Å². The summed E-state index contributed by atoms with van der Waals surface area (Å²) in [5.41, 5.74) is 1.23. The molecule has 4 rings (SSSR count). The predicted octanol–water partition coefficient (Wildman–Crippen LogP) is 6.60. The Morgan fingerprint density at radius 1 is 0.812 bits per heavy atom. The molecule has 1 aliphatic heterocycles. The molecule has 0 amide bonds. The van der Waals surface area contributed by atoms with Crippen LogP contribution in [0, 0.1) is 0 Å². The van der Waals surface area contributed by atoms with Crippen LogP contribution in [-0.2, 0) is 15.7 Å². The molecule has 0 radical (unpaired) electrons. The molecule has 173 valence electrons. The molecule has 0 N–H and O–H groups in total. The quantitative estimate of drug-likeness (QED) is 0.258. The van der Waals surface area contributed by atoms with E-state index >= 15 is 0 Å². The fourth-order valence-electron chi connectivity index (χ4n) is 2.36. The molecule has 0 spiro atoms. The van der Waals surface area contributed by atoms with E-state index in [0.29, 0.717) is 6.17 Å². The summed E-state index contributed by atoms with van der Waals surface area (Å²) in [6, 6.07) is 21.6. The number of nitrogens with zero attached hydrogens (tertiary/aromatic N) is 4. The summed E-state index contributed by atoms with van der Waals surface area (Å²) in [6.07, 6.45) is 17.2. The van der Waals surface area contributed by atoms with Crippen molar-refractivity contribution in [2.24, 2.45) is 0 Å². The topological polar surface area (TPSA) is 32.3 Å². The van der Waals surface area contributed by atoms with Crippen LogP contribution in [0.15, 0.2) is 104 Å². The average molecular weight is 575 g/mol. The molecule has 3 aromatic rings. The number of halogens is 1. The molecule has 32 heavy (non-hydrogen) atoms. The van der Waals surface area contributed by atoms with Crippen LogP contribution in [0.4, 0.5) is 0 Å². The van der Waals surface area contributed by atoms with Crippen molar-refractivity contribution < 1.29 is 15.7 Å². The van der Waals surface area contributed by atoms with Gasteiger partial charge in [-0.15, -0.1) is 0 Å². The normalized spacial score (nSPS) is 12.5. The van der Waals surface area contributed by atoms with Crippen molar-refractivity contribution in [2.45, 2.75) is 19.5 Å². The number of hydrogen-bond acceptors (Lipinski definition) is 6. The van der Waals surface area contributed by atoms with E-state index in [2.05, 4.69) is 67.2 Å².